The summed E-state index contributed by atoms with van der Waals surface area (Å²) in [4.78, 5) is 28.1. The van der Waals surface area contributed by atoms with Crippen LogP contribution in [0.25, 0.3) is 0 Å². The Morgan fingerprint density at radius 3 is 2.73 bits per heavy atom. The Balaban J connectivity index is 1.27. The number of nitrogens with one attached hydrogen (secondary N) is 1. The van der Waals surface area contributed by atoms with Crippen molar-refractivity contribution in [2.24, 2.45) is 0 Å². The van der Waals surface area contributed by atoms with Crippen LogP contribution in [0.4, 0.5) is 0 Å². The van der Waals surface area contributed by atoms with Gasteiger partial charge in [-0.05, 0) is 55.0 Å². The fourth-order valence-corrected chi connectivity index (χ4v) is 5.08. The maximum Gasteiger partial charge on any atom is 0.253 e. The number of benzene rings is 1. The number of carbonyl (C=O) groups is 1. The molecular formula is C29H30ClN5O2. The number of nitrogens with zero attached hydrogens (tertiary/aromatic N) is 4. The lowest BCUT2D eigenvalue weighted by molar-refractivity contribution is 0.0951. The third-order valence-electron chi connectivity index (χ3n) is 6.77. The van der Waals surface area contributed by atoms with Crippen molar-refractivity contribution in [2.75, 3.05) is 6.54 Å². The molecule has 0 radical (unpaired) electrons. The number of pyridine rings is 2. The largest absolute Gasteiger partial charge is 0.446 e. The summed E-state index contributed by atoms with van der Waals surface area (Å²) in [5, 5.41) is 3.27. The van der Waals surface area contributed by atoms with Crippen LogP contribution in [0.2, 0.25) is 5.02 Å². The third kappa shape index (κ3) is 6.24. The molecule has 0 saturated carbocycles. The molecule has 1 atom stereocenters. The van der Waals surface area contributed by atoms with Gasteiger partial charge in [0.25, 0.3) is 5.91 Å². The summed E-state index contributed by atoms with van der Waals surface area (Å²) >= 11 is 6.09. The zero-order valence-corrected chi connectivity index (χ0v) is 21.6. The highest BCUT2D eigenvalue weighted by atomic mass is 35.5. The summed E-state index contributed by atoms with van der Waals surface area (Å²) in [5.41, 5.74) is 5.18. The molecule has 8 heteroatoms. The van der Waals surface area contributed by atoms with E-state index < -0.39 is 0 Å². The molecule has 0 fully saturated rings. The summed E-state index contributed by atoms with van der Waals surface area (Å²) < 4.78 is 5.74. The lowest BCUT2D eigenvalue weighted by atomic mass is 9.90. The van der Waals surface area contributed by atoms with Crippen molar-refractivity contribution in [1.29, 1.82) is 0 Å². The lowest BCUT2D eigenvalue weighted by Crippen LogP contribution is -2.33. The van der Waals surface area contributed by atoms with E-state index >= 15 is 0 Å². The van der Waals surface area contributed by atoms with E-state index in [1.165, 1.54) is 23.0 Å². The normalized spacial score (nSPS) is 14.9. The van der Waals surface area contributed by atoms with Crippen LogP contribution in [-0.4, -0.2) is 32.3 Å². The first kappa shape index (κ1) is 25.1. The van der Waals surface area contributed by atoms with E-state index in [1.54, 1.807) is 18.5 Å². The fraction of sp³-hybridized carbons (Fsp3) is 0.310. The predicted octanol–water partition coefficient (Wildman–Crippen LogP) is 5.48. The van der Waals surface area contributed by atoms with Gasteiger partial charge in [-0.2, -0.15) is 0 Å². The number of hydrogen-bond acceptors (Lipinski definition) is 6. The number of carbonyl (C=O) groups excluding carboxylic acids is 1. The molecule has 37 heavy (non-hydrogen) atoms. The summed E-state index contributed by atoms with van der Waals surface area (Å²) in [5.74, 6) is 1.38. The number of rotatable bonds is 9. The van der Waals surface area contributed by atoms with E-state index in [2.05, 4.69) is 50.5 Å². The number of amides is 1. The quantitative estimate of drug-likeness (QED) is 0.318. The third-order valence-corrected chi connectivity index (χ3v) is 7.07. The van der Waals surface area contributed by atoms with Crippen LogP contribution in [0.15, 0.2) is 71.7 Å². The van der Waals surface area contributed by atoms with E-state index in [9.17, 15) is 4.79 Å². The Morgan fingerprint density at radius 1 is 1.11 bits per heavy atom. The average Bonchev–Trinajstić information content (AvgIpc) is 3.35. The first-order valence-electron chi connectivity index (χ1n) is 12.6. The Hall–Kier alpha value is -3.55. The van der Waals surface area contributed by atoms with Crippen LogP contribution in [0.5, 0.6) is 0 Å². The van der Waals surface area contributed by atoms with Gasteiger partial charge in [0.2, 0.25) is 0 Å². The molecule has 7 nitrogen and oxygen atoms in total. The maximum absolute atomic E-state index is 12.5. The van der Waals surface area contributed by atoms with Crippen molar-refractivity contribution in [3.63, 3.8) is 0 Å². The van der Waals surface area contributed by atoms with Crippen LogP contribution in [0.1, 0.15) is 63.3 Å². The van der Waals surface area contributed by atoms with E-state index in [4.69, 9.17) is 21.0 Å². The highest BCUT2D eigenvalue weighted by Crippen LogP contribution is 2.34. The van der Waals surface area contributed by atoms with Crippen LogP contribution in [0, 0.1) is 6.92 Å². The van der Waals surface area contributed by atoms with Crippen LogP contribution in [-0.2, 0) is 25.9 Å². The lowest BCUT2D eigenvalue weighted by Gasteiger charge is -2.35. The molecule has 1 amide bonds. The zero-order chi connectivity index (χ0) is 25.6. The van der Waals surface area contributed by atoms with E-state index in [-0.39, 0.29) is 11.9 Å². The molecule has 1 aromatic carbocycles. The minimum atomic E-state index is -0.215. The molecule has 1 N–H and O–H groups in total. The van der Waals surface area contributed by atoms with Crippen LogP contribution in [0.3, 0.4) is 0 Å². The van der Waals surface area contributed by atoms with Crippen LogP contribution < -0.4 is 5.32 Å². The SMILES string of the molecule is Cc1cnc(CCN(Cc2ccc(CNC(=O)c3ccncc3Cl)cc2)C2CCCc3cccnc32)o1. The predicted molar refractivity (Wildman–Crippen MR) is 142 cm³/mol. The Kier molecular flexibility index (Phi) is 7.92. The topological polar surface area (TPSA) is 84.2 Å². The van der Waals surface area contributed by atoms with Gasteiger partial charge in [-0.1, -0.05) is 41.9 Å². The Morgan fingerprint density at radius 2 is 1.95 bits per heavy atom. The zero-order valence-electron chi connectivity index (χ0n) is 20.9. The molecule has 3 heterocycles. The Bertz CT molecular complexity index is 1350. The summed E-state index contributed by atoms with van der Waals surface area (Å²) in [6, 6.07) is 14.5. The maximum atomic E-state index is 12.5. The first-order valence-corrected chi connectivity index (χ1v) is 13.0. The van der Waals surface area contributed by atoms with E-state index in [0.29, 0.717) is 17.1 Å². The smallest absolute Gasteiger partial charge is 0.253 e. The molecule has 1 unspecified atom stereocenters. The van der Waals surface area contributed by atoms with Crippen molar-refractivity contribution in [3.05, 3.63) is 112 Å². The number of halogens is 1. The van der Waals surface area contributed by atoms with Crippen molar-refractivity contribution >= 4 is 17.5 Å². The summed E-state index contributed by atoms with van der Waals surface area (Å²) in [6.45, 7) is 3.96. The van der Waals surface area contributed by atoms with Gasteiger partial charge in [0, 0.05) is 44.6 Å². The average molecular weight is 516 g/mol. The van der Waals surface area contributed by atoms with Gasteiger partial charge >= 0.3 is 0 Å². The summed E-state index contributed by atoms with van der Waals surface area (Å²) in [7, 11) is 0. The number of oxazole rings is 1. The molecule has 1 aliphatic carbocycles. The minimum absolute atomic E-state index is 0.215. The fourth-order valence-electron chi connectivity index (χ4n) is 4.88. The summed E-state index contributed by atoms with van der Waals surface area (Å²) in [6.07, 6.45) is 10.8. The molecular weight excluding hydrogens is 486 g/mol. The second kappa shape index (κ2) is 11.7. The minimum Gasteiger partial charge on any atom is -0.446 e. The highest BCUT2D eigenvalue weighted by Gasteiger charge is 2.27. The van der Waals surface area contributed by atoms with Crippen molar-refractivity contribution < 1.29 is 9.21 Å². The second-order valence-corrected chi connectivity index (χ2v) is 9.80. The molecule has 0 aliphatic heterocycles. The second-order valence-electron chi connectivity index (χ2n) is 9.40. The van der Waals surface area contributed by atoms with Gasteiger partial charge < -0.3 is 9.73 Å². The van der Waals surface area contributed by atoms with Gasteiger partial charge in [-0.15, -0.1) is 0 Å². The standard InChI is InChI=1S/C29H30ClN5O2/c1-20-16-33-27(37-20)12-15-35(26-6-2-4-23-5-3-13-32-28(23)26)19-22-9-7-21(8-10-22)17-34-29(36)24-11-14-31-18-25(24)30/h3,5,7-11,13-14,16,18,26H,2,4,6,12,15,17,19H2,1H3,(H,34,36). The van der Waals surface area contributed by atoms with Crippen molar-refractivity contribution in [2.45, 2.75) is 51.7 Å². The molecule has 0 saturated heterocycles. The molecule has 5 rings (SSSR count). The number of fused-ring (bicyclic) bond motifs is 1. The van der Waals surface area contributed by atoms with E-state index in [0.717, 1.165) is 56.0 Å². The van der Waals surface area contributed by atoms with Gasteiger partial charge in [0.05, 0.1) is 28.5 Å². The van der Waals surface area contributed by atoms with E-state index in [1.807, 2.05) is 19.2 Å². The van der Waals surface area contributed by atoms with Crippen molar-refractivity contribution in [1.82, 2.24) is 25.2 Å². The number of aromatic nitrogens is 3. The first-order chi connectivity index (χ1) is 18.1. The molecule has 4 aromatic rings. The van der Waals surface area contributed by atoms with Gasteiger partial charge in [0.15, 0.2) is 5.89 Å². The Labute approximate surface area is 221 Å². The van der Waals surface area contributed by atoms with Gasteiger partial charge in [-0.3, -0.25) is 19.7 Å². The highest BCUT2D eigenvalue weighted by molar-refractivity contribution is 6.33. The van der Waals surface area contributed by atoms with Crippen LogP contribution >= 0.6 is 11.6 Å². The van der Waals surface area contributed by atoms with Gasteiger partial charge in [-0.25, -0.2) is 4.98 Å². The molecule has 1 aliphatic rings. The molecule has 0 bridgehead atoms. The molecule has 0 spiro atoms. The molecule has 190 valence electrons. The number of aryl methyl sites for hydroxylation is 2. The number of hydrogen-bond donors (Lipinski definition) is 1. The molecule has 3 aromatic heterocycles. The van der Waals surface area contributed by atoms with Crippen molar-refractivity contribution in [3.8, 4) is 0 Å². The van der Waals surface area contributed by atoms with Gasteiger partial charge in [0.1, 0.15) is 5.76 Å². The monoisotopic (exact) mass is 515 g/mol.